The highest BCUT2D eigenvalue weighted by atomic mass is 32.1. The van der Waals surface area contributed by atoms with Crippen LogP contribution >= 0.6 is 11.3 Å². The Bertz CT molecular complexity index is 1090. The number of rotatable bonds is 7. The van der Waals surface area contributed by atoms with Crippen LogP contribution in [0.4, 0.5) is 0 Å². The van der Waals surface area contributed by atoms with E-state index in [1.54, 1.807) is 35.5 Å². The molecule has 0 saturated carbocycles. The molecule has 4 rings (SSSR count). The zero-order chi connectivity index (χ0) is 23.4. The monoisotopic (exact) mass is 462 g/mol. The number of benzene rings is 2. The average Bonchev–Trinajstić information content (AvgIpc) is 3.32. The van der Waals surface area contributed by atoms with E-state index in [9.17, 15) is 9.59 Å². The minimum atomic E-state index is -0.161. The van der Waals surface area contributed by atoms with Crippen LogP contribution in [-0.4, -0.2) is 48.4 Å². The van der Waals surface area contributed by atoms with Crippen molar-refractivity contribution in [3.63, 3.8) is 0 Å². The Kier molecular flexibility index (Phi) is 7.14. The summed E-state index contributed by atoms with van der Waals surface area (Å²) in [5, 5.41) is 2.10. The first-order valence-corrected chi connectivity index (χ1v) is 12.2. The van der Waals surface area contributed by atoms with Gasteiger partial charge < -0.3 is 14.5 Å². The van der Waals surface area contributed by atoms with E-state index >= 15 is 0 Å². The zero-order valence-corrected chi connectivity index (χ0v) is 20.2. The first-order chi connectivity index (χ1) is 16.0. The minimum absolute atomic E-state index is 0.0300. The van der Waals surface area contributed by atoms with Crippen molar-refractivity contribution in [3.05, 3.63) is 87.6 Å². The quantitative estimate of drug-likeness (QED) is 0.495. The predicted molar refractivity (Wildman–Crippen MR) is 132 cm³/mol. The fourth-order valence-corrected chi connectivity index (χ4v) is 5.31. The molecule has 0 aliphatic carbocycles. The molecule has 1 unspecified atom stereocenters. The van der Waals surface area contributed by atoms with Crippen molar-refractivity contribution >= 4 is 23.2 Å². The second-order valence-electron chi connectivity index (χ2n) is 8.76. The molecular weight excluding hydrogens is 432 g/mol. The summed E-state index contributed by atoms with van der Waals surface area (Å²) in [4.78, 5) is 31.8. The number of ether oxygens (including phenoxy) is 1. The van der Waals surface area contributed by atoms with Gasteiger partial charge in [-0.1, -0.05) is 44.2 Å². The fraction of sp³-hybridized carbons (Fsp3) is 0.333. The zero-order valence-electron chi connectivity index (χ0n) is 19.4. The van der Waals surface area contributed by atoms with E-state index in [1.165, 1.54) is 10.4 Å². The molecule has 0 radical (unpaired) electrons. The second-order valence-corrected chi connectivity index (χ2v) is 9.76. The van der Waals surface area contributed by atoms with E-state index in [-0.39, 0.29) is 30.3 Å². The lowest BCUT2D eigenvalue weighted by Crippen LogP contribution is -2.47. The lowest BCUT2D eigenvalue weighted by Gasteiger charge is -2.38. The van der Waals surface area contributed by atoms with Gasteiger partial charge in [0.05, 0.1) is 13.2 Å². The highest BCUT2D eigenvalue weighted by molar-refractivity contribution is 7.10. The number of carbonyl (C=O) groups is 2. The Morgan fingerprint density at radius 3 is 2.48 bits per heavy atom. The van der Waals surface area contributed by atoms with Gasteiger partial charge in [-0.15, -0.1) is 11.3 Å². The van der Waals surface area contributed by atoms with E-state index in [0.29, 0.717) is 18.7 Å². The van der Waals surface area contributed by atoms with Crippen LogP contribution in [0.1, 0.15) is 46.3 Å². The van der Waals surface area contributed by atoms with Crippen molar-refractivity contribution in [2.75, 3.05) is 26.7 Å². The molecule has 2 heterocycles. The Labute approximate surface area is 199 Å². The largest absolute Gasteiger partial charge is 0.497 e. The summed E-state index contributed by atoms with van der Waals surface area (Å²) in [6, 6.07) is 19.1. The summed E-state index contributed by atoms with van der Waals surface area (Å²) in [6.45, 7) is 5.36. The van der Waals surface area contributed by atoms with Crippen LogP contribution in [0.5, 0.6) is 5.75 Å². The number of hydrogen-bond acceptors (Lipinski definition) is 4. The molecular formula is C27H30N2O3S. The number of fused-ring (bicyclic) bond motifs is 1. The van der Waals surface area contributed by atoms with Gasteiger partial charge in [-0.2, -0.15) is 0 Å². The van der Waals surface area contributed by atoms with Crippen molar-refractivity contribution in [3.8, 4) is 5.75 Å². The minimum Gasteiger partial charge on any atom is -0.497 e. The lowest BCUT2D eigenvalue weighted by atomic mass is 9.93. The van der Waals surface area contributed by atoms with Gasteiger partial charge in [0.15, 0.2) is 0 Å². The van der Waals surface area contributed by atoms with E-state index in [0.717, 1.165) is 17.7 Å². The molecule has 2 amide bonds. The molecule has 0 bridgehead atoms. The highest BCUT2D eigenvalue weighted by Crippen LogP contribution is 2.38. The molecule has 1 atom stereocenters. The Morgan fingerprint density at radius 2 is 1.82 bits per heavy atom. The van der Waals surface area contributed by atoms with Crippen molar-refractivity contribution in [1.82, 2.24) is 9.80 Å². The van der Waals surface area contributed by atoms with Crippen LogP contribution in [0, 0.1) is 5.92 Å². The molecule has 0 fully saturated rings. The molecule has 1 aromatic heterocycles. The number of amides is 2. The van der Waals surface area contributed by atoms with Crippen molar-refractivity contribution in [1.29, 1.82) is 0 Å². The Morgan fingerprint density at radius 1 is 1.09 bits per heavy atom. The van der Waals surface area contributed by atoms with Crippen molar-refractivity contribution in [2.45, 2.75) is 26.3 Å². The van der Waals surface area contributed by atoms with Gasteiger partial charge in [-0.3, -0.25) is 9.59 Å². The third-order valence-corrected chi connectivity index (χ3v) is 6.93. The van der Waals surface area contributed by atoms with E-state index < -0.39 is 0 Å². The summed E-state index contributed by atoms with van der Waals surface area (Å²) < 4.78 is 5.32. The van der Waals surface area contributed by atoms with Crippen LogP contribution in [-0.2, 0) is 11.2 Å². The number of hydrogen-bond donors (Lipinski definition) is 0. The second kappa shape index (κ2) is 10.2. The van der Waals surface area contributed by atoms with Gasteiger partial charge in [-0.25, -0.2) is 0 Å². The Balaban J connectivity index is 1.62. The number of nitrogens with zero attached hydrogens (tertiary/aromatic N) is 2. The number of thiophene rings is 1. The van der Waals surface area contributed by atoms with Gasteiger partial charge in [0, 0.05) is 23.5 Å². The SMILES string of the molecule is COc1ccc(C2c3ccsc3CCN2C(=O)CN(CC(C)C)C(=O)c2ccccc2)cc1. The molecule has 3 aromatic rings. The topological polar surface area (TPSA) is 49.9 Å². The van der Waals surface area contributed by atoms with Gasteiger partial charge in [0.25, 0.3) is 5.91 Å². The van der Waals surface area contributed by atoms with Crippen molar-refractivity contribution in [2.24, 2.45) is 5.92 Å². The number of methoxy groups -OCH3 is 1. The first-order valence-electron chi connectivity index (χ1n) is 11.3. The summed E-state index contributed by atoms with van der Waals surface area (Å²) in [6.07, 6.45) is 0.836. The molecule has 2 aromatic carbocycles. The van der Waals surface area contributed by atoms with E-state index in [4.69, 9.17) is 4.74 Å². The van der Waals surface area contributed by atoms with Crippen molar-refractivity contribution < 1.29 is 14.3 Å². The van der Waals surface area contributed by atoms with Gasteiger partial charge >= 0.3 is 0 Å². The normalized spacial score (nSPS) is 15.3. The van der Waals surface area contributed by atoms with Crippen LogP contribution in [0.15, 0.2) is 66.0 Å². The van der Waals surface area contributed by atoms with Crippen LogP contribution < -0.4 is 4.74 Å². The molecule has 1 aliphatic rings. The number of carbonyl (C=O) groups excluding carboxylic acids is 2. The van der Waals surface area contributed by atoms with Crippen LogP contribution in [0.2, 0.25) is 0 Å². The highest BCUT2D eigenvalue weighted by Gasteiger charge is 2.34. The third-order valence-electron chi connectivity index (χ3n) is 5.94. The average molecular weight is 463 g/mol. The Hall–Kier alpha value is -3.12. The summed E-state index contributed by atoms with van der Waals surface area (Å²) in [5.74, 6) is 0.909. The first kappa shape index (κ1) is 23.1. The van der Waals surface area contributed by atoms with E-state index in [2.05, 4.69) is 25.3 Å². The van der Waals surface area contributed by atoms with Gasteiger partial charge in [0.2, 0.25) is 5.91 Å². The van der Waals surface area contributed by atoms with Crippen LogP contribution in [0.3, 0.4) is 0 Å². The smallest absolute Gasteiger partial charge is 0.254 e. The fourth-order valence-electron chi connectivity index (χ4n) is 4.41. The van der Waals surface area contributed by atoms with Gasteiger partial charge in [-0.05, 0) is 59.2 Å². The molecule has 1 aliphatic heterocycles. The summed E-state index contributed by atoms with van der Waals surface area (Å²) in [7, 11) is 1.65. The molecule has 0 saturated heterocycles. The molecule has 33 heavy (non-hydrogen) atoms. The summed E-state index contributed by atoms with van der Waals surface area (Å²) in [5.41, 5.74) is 2.83. The maximum Gasteiger partial charge on any atom is 0.254 e. The summed E-state index contributed by atoms with van der Waals surface area (Å²) >= 11 is 1.74. The predicted octanol–water partition coefficient (Wildman–Crippen LogP) is 5.03. The maximum atomic E-state index is 13.7. The molecule has 0 N–H and O–H groups in total. The molecule has 5 nitrogen and oxygen atoms in total. The lowest BCUT2D eigenvalue weighted by molar-refractivity contribution is -0.134. The third kappa shape index (κ3) is 5.11. The molecule has 6 heteroatoms. The molecule has 0 spiro atoms. The maximum absolute atomic E-state index is 13.7. The van der Waals surface area contributed by atoms with E-state index in [1.807, 2.05) is 47.4 Å². The van der Waals surface area contributed by atoms with Crippen LogP contribution in [0.25, 0.3) is 0 Å². The standard InChI is InChI=1S/C27H30N2O3S/c1-19(2)17-28(27(31)21-7-5-4-6-8-21)18-25(30)29-15-13-24-23(14-16-33-24)26(29)20-9-11-22(32-3)12-10-20/h4-12,14,16,19,26H,13,15,17-18H2,1-3H3. The van der Waals surface area contributed by atoms with Gasteiger partial charge in [0.1, 0.15) is 12.3 Å². The molecule has 172 valence electrons.